The Balaban J connectivity index is 1.54. The van der Waals surface area contributed by atoms with Crippen LogP contribution in [-0.2, 0) is 26.7 Å². The number of amides is 2. The number of nitrogens with two attached hydrogens (primary N) is 1. The first kappa shape index (κ1) is 29.9. The molecule has 218 valence electrons. The van der Waals surface area contributed by atoms with Gasteiger partial charge in [0.2, 0.25) is 11.8 Å². The molecule has 2 fully saturated rings. The first-order valence-electron chi connectivity index (χ1n) is 13.3. The number of hydrogen-bond acceptors (Lipinski definition) is 3. The average Bonchev–Trinajstić information content (AvgIpc) is 2.92. The molecule has 5 nitrogen and oxygen atoms in total. The second-order valence-electron chi connectivity index (χ2n) is 10.7. The van der Waals surface area contributed by atoms with Crippen LogP contribution in [0.1, 0.15) is 73.3 Å². The van der Waals surface area contributed by atoms with Crippen LogP contribution in [0.15, 0.2) is 48.5 Å². The summed E-state index contributed by atoms with van der Waals surface area (Å²) >= 11 is 0. The maximum Gasteiger partial charge on any atom is 0.416 e. The minimum Gasteiger partial charge on any atom is -0.370 e. The van der Waals surface area contributed by atoms with E-state index in [0.717, 1.165) is 5.56 Å². The third-order valence-corrected chi connectivity index (χ3v) is 8.03. The Morgan fingerprint density at radius 1 is 0.875 bits per heavy atom. The lowest BCUT2D eigenvalue weighted by atomic mass is 9.80. The van der Waals surface area contributed by atoms with Gasteiger partial charge in [0.05, 0.1) is 23.3 Å². The molecule has 2 aliphatic rings. The fraction of sp³-hybridized carbons (Fsp3) is 0.517. The normalized spacial score (nSPS) is 24.9. The van der Waals surface area contributed by atoms with Gasteiger partial charge < -0.3 is 15.4 Å². The molecule has 0 bridgehead atoms. The molecule has 4 rings (SSSR count). The summed E-state index contributed by atoms with van der Waals surface area (Å²) in [5, 5.41) is 0. The van der Waals surface area contributed by atoms with Crippen molar-refractivity contribution in [3.8, 4) is 0 Å². The van der Waals surface area contributed by atoms with Crippen LogP contribution in [0.2, 0.25) is 0 Å². The molecule has 0 spiro atoms. The minimum absolute atomic E-state index is 0.0250. The van der Waals surface area contributed by atoms with Crippen molar-refractivity contribution in [2.45, 2.75) is 69.5 Å². The second-order valence-corrected chi connectivity index (χ2v) is 10.7. The number of ether oxygens (including phenoxy) is 1. The Morgan fingerprint density at radius 3 is 1.95 bits per heavy atom. The Bertz CT molecular complexity index is 1160. The lowest BCUT2D eigenvalue weighted by Crippen LogP contribution is -2.48. The average molecular weight is 571 g/mol. The van der Waals surface area contributed by atoms with Crippen molar-refractivity contribution in [1.82, 2.24) is 4.90 Å². The van der Waals surface area contributed by atoms with Gasteiger partial charge in [-0.3, -0.25) is 9.59 Å². The molecule has 2 N–H and O–H groups in total. The van der Waals surface area contributed by atoms with Crippen molar-refractivity contribution in [2.24, 2.45) is 17.6 Å². The number of piperidine rings is 1. The highest BCUT2D eigenvalue weighted by Gasteiger charge is 2.40. The van der Waals surface area contributed by atoms with E-state index in [1.54, 1.807) is 4.90 Å². The van der Waals surface area contributed by atoms with E-state index >= 15 is 0 Å². The van der Waals surface area contributed by atoms with E-state index in [1.807, 2.05) is 30.3 Å². The van der Waals surface area contributed by atoms with Crippen LogP contribution >= 0.6 is 0 Å². The maximum atomic E-state index is 13.4. The third kappa shape index (κ3) is 6.97. The summed E-state index contributed by atoms with van der Waals surface area (Å²) in [6.07, 6.45) is -8.92. The van der Waals surface area contributed by atoms with E-state index in [1.165, 1.54) is 6.92 Å². The predicted molar refractivity (Wildman–Crippen MR) is 135 cm³/mol. The van der Waals surface area contributed by atoms with Gasteiger partial charge in [-0.1, -0.05) is 30.3 Å². The van der Waals surface area contributed by atoms with Gasteiger partial charge in [0, 0.05) is 30.8 Å². The number of nitrogens with zero attached hydrogens (tertiary/aromatic N) is 1. The first-order chi connectivity index (χ1) is 18.7. The first-order valence-corrected chi connectivity index (χ1v) is 13.3. The lowest BCUT2D eigenvalue weighted by Gasteiger charge is -2.41. The smallest absolute Gasteiger partial charge is 0.370 e. The predicted octanol–water partition coefficient (Wildman–Crippen LogP) is 6.48. The molecule has 1 saturated carbocycles. The molecule has 1 saturated heterocycles. The van der Waals surface area contributed by atoms with E-state index in [0.29, 0.717) is 57.3 Å². The van der Waals surface area contributed by atoms with Crippen LogP contribution in [-0.4, -0.2) is 35.9 Å². The van der Waals surface area contributed by atoms with Crippen LogP contribution in [0, 0.1) is 11.8 Å². The Hall–Kier alpha value is -3.08. The molecule has 3 atom stereocenters. The van der Waals surface area contributed by atoms with Crippen molar-refractivity contribution in [1.29, 1.82) is 0 Å². The largest absolute Gasteiger partial charge is 0.416 e. The van der Waals surface area contributed by atoms with E-state index < -0.39 is 35.7 Å². The fourth-order valence-corrected chi connectivity index (χ4v) is 5.75. The van der Waals surface area contributed by atoms with E-state index in [4.69, 9.17) is 10.5 Å². The number of primary amides is 1. The zero-order chi connectivity index (χ0) is 29.2. The van der Waals surface area contributed by atoms with Gasteiger partial charge in [0.25, 0.3) is 0 Å². The van der Waals surface area contributed by atoms with Crippen LogP contribution in [0.4, 0.5) is 26.3 Å². The quantitative estimate of drug-likeness (QED) is 0.404. The summed E-state index contributed by atoms with van der Waals surface area (Å²) in [6.45, 7) is 2.07. The lowest BCUT2D eigenvalue weighted by molar-refractivity contribution is -0.143. The van der Waals surface area contributed by atoms with Crippen LogP contribution in [0.5, 0.6) is 0 Å². The number of carbonyl (C=O) groups excluding carboxylic acids is 2. The number of alkyl halides is 6. The summed E-state index contributed by atoms with van der Waals surface area (Å²) < 4.78 is 86.6. The second kappa shape index (κ2) is 11.8. The third-order valence-electron chi connectivity index (χ3n) is 8.03. The van der Waals surface area contributed by atoms with Crippen LogP contribution in [0.25, 0.3) is 0 Å². The molecule has 1 aliphatic heterocycles. The number of carbonyl (C=O) groups is 2. The molecular formula is C29H32F6N2O3. The standard InChI is InChI=1S/C29H32F6N2O3/c1-17(21-13-22(28(30,31)32)15-23(14-21)29(33,34)35)40-25-11-12-37(16-24(25)18-5-3-2-4-6-18)27(39)20-9-7-19(8-10-20)26(36)38/h2-6,13-15,17,19-20,24-25H,7-12,16H2,1H3,(H2,36,38)/t17-,19?,20?,24+,25+/m1/s1. The summed E-state index contributed by atoms with van der Waals surface area (Å²) in [6, 6.07) is 10.7. The maximum absolute atomic E-state index is 13.4. The molecule has 0 radical (unpaired) electrons. The molecule has 11 heteroatoms. The zero-order valence-corrected chi connectivity index (χ0v) is 22.0. The molecule has 0 unspecified atom stereocenters. The molecule has 2 aromatic carbocycles. The van der Waals surface area contributed by atoms with Gasteiger partial charge >= 0.3 is 12.4 Å². The van der Waals surface area contributed by atoms with Crippen molar-refractivity contribution in [3.63, 3.8) is 0 Å². The topological polar surface area (TPSA) is 72.6 Å². The monoisotopic (exact) mass is 570 g/mol. The minimum atomic E-state index is -4.95. The number of benzene rings is 2. The van der Waals surface area contributed by atoms with E-state index in [2.05, 4.69) is 0 Å². The van der Waals surface area contributed by atoms with Gasteiger partial charge in [-0.05, 0) is 68.4 Å². The zero-order valence-electron chi connectivity index (χ0n) is 22.0. The molecular weight excluding hydrogens is 538 g/mol. The molecule has 40 heavy (non-hydrogen) atoms. The van der Waals surface area contributed by atoms with Gasteiger partial charge in [-0.2, -0.15) is 26.3 Å². The molecule has 2 aromatic rings. The van der Waals surface area contributed by atoms with Crippen molar-refractivity contribution >= 4 is 11.8 Å². The molecule has 1 aliphatic carbocycles. The molecule has 2 amide bonds. The van der Waals surface area contributed by atoms with Gasteiger partial charge in [-0.25, -0.2) is 0 Å². The van der Waals surface area contributed by atoms with Crippen LogP contribution < -0.4 is 5.73 Å². The SMILES string of the molecule is C[C@@H](O[C@H]1CCN(C(=O)C2CCC(C(N)=O)CC2)C[C@H]1c1ccccc1)c1cc(C(F)(F)F)cc(C(F)(F)F)c1. The number of hydrogen-bond donors (Lipinski definition) is 1. The van der Waals surface area contributed by atoms with Crippen molar-refractivity contribution in [3.05, 3.63) is 70.8 Å². The number of likely N-dealkylation sites (tertiary alicyclic amines) is 1. The summed E-state index contributed by atoms with van der Waals surface area (Å²) in [4.78, 5) is 26.6. The van der Waals surface area contributed by atoms with Crippen molar-refractivity contribution < 1.29 is 40.7 Å². The Morgan fingerprint density at radius 2 is 1.43 bits per heavy atom. The summed E-state index contributed by atoms with van der Waals surface area (Å²) in [5.41, 5.74) is 3.26. The molecule has 0 aromatic heterocycles. The Kier molecular flexibility index (Phi) is 8.82. The van der Waals surface area contributed by atoms with Gasteiger partial charge in [-0.15, -0.1) is 0 Å². The summed E-state index contributed by atoms with van der Waals surface area (Å²) in [7, 11) is 0. The fourth-order valence-electron chi connectivity index (χ4n) is 5.75. The van der Waals surface area contributed by atoms with Crippen LogP contribution in [0.3, 0.4) is 0 Å². The van der Waals surface area contributed by atoms with E-state index in [-0.39, 0.29) is 41.2 Å². The highest BCUT2D eigenvalue weighted by Crippen LogP contribution is 2.40. The number of halogens is 6. The number of rotatable bonds is 6. The van der Waals surface area contributed by atoms with Gasteiger partial charge in [0.15, 0.2) is 0 Å². The Labute approximate surface area is 228 Å². The van der Waals surface area contributed by atoms with Gasteiger partial charge in [0.1, 0.15) is 0 Å². The highest BCUT2D eigenvalue weighted by molar-refractivity contribution is 5.80. The molecule has 1 heterocycles. The highest BCUT2D eigenvalue weighted by atomic mass is 19.4. The summed E-state index contributed by atoms with van der Waals surface area (Å²) in [5.74, 6) is -1.17. The van der Waals surface area contributed by atoms with E-state index in [9.17, 15) is 35.9 Å². The van der Waals surface area contributed by atoms with Crippen molar-refractivity contribution in [2.75, 3.05) is 13.1 Å².